The van der Waals surface area contributed by atoms with Crippen molar-refractivity contribution >= 4 is 16.7 Å². The van der Waals surface area contributed by atoms with Crippen molar-refractivity contribution in [1.29, 1.82) is 0 Å². The third kappa shape index (κ3) is 1.99. The maximum Gasteiger partial charge on any atom is 0.140 e. The van der Waals surface area contributed by atoms with E-state index in [0.717, 1.165) is 16.8 Å². The second kappa shape index (κ2) is 4.28. The molecule has 0 saturated heterocycles. The Kier molecular flexibility index (Phi) is 2.59. The highest BCUT2D eigenvalue weighted by molar-refractivity contribution is 5.83. The molecular weight excluding hydrogens is 245 g/mol. The number of halogens is 1. The molecule has 0 unspecified atom stereocenters. The van der Waals surface area contributed by atoms with Crippen molar-refractivity contribution in [2.45, 2.75) is 0 Å². The average Bonchev–Trinajstić information content (AvgIpc) is 2.83. The van der Waals surface area contributed by atoms with E-state index in [0.29, 0.717) is 17.1 Å². The van der Waals surface area contributed by atoms with E-state index in [-0.39, 0.29) is 5.82 Å². The summed E-state index contributed by atoms with van der Waals surface area (Å²) in [6.07, 6.45) is 0. The van der Waals surface area contributed by atoms with Crippen LogP contribution in [0.5, 0.6) is 5.75 Å². The summed E-state index contributed by atoms with van der Waals surface area (Å²) in [6.45, 7) is 0. The highest BCUT2D eigenvalue weighted by atomic mass is 19.1. The minimum atomic E-state index is -0.345. The van der Waals surface area contributed by atoms with E-state index in [4.69, 9.17) is 10.5 Å². The van der Waals surface area contributed by atoms with E-state index in [9.17, 15) is 4.39 Å². The summed E-state index contributed by atoms with van der Waals surface area (Å²) < 4.78 is 18.4. The van der Waals surface area contributed by atoms with Crippen molar-refractivity contribution < 1.29 is 9.13 Å². The van der Waals surface area contributed by atoms with Gasteiger partial charge in [-0.05, 0) is 30.3 Å². The van der Waals surface area contributed by atoms with Gasteiger partial charge in [0.25, 0.3) is 0 Å². The predicted molar refractivity (Wildman–Crippen MR) is 72.5 cm³/mol. The standard InChI is InChI=1S/C14H12FN3O/c1-19-9-3-5-12-13(7-9)18-14(17-12)10-6-8(15)2-4-11(10)16/h2-7H,16H2,1H3,(H,17,18). The van der Waals surface area contributed by atoms with E-state index < -0.39 is 0 Å². The number of nitrogen functional groups attached to an aromatic ring is 1. The molecule has 0 aliphatic carbocycles. The van der Waals surface area contributed by atoms with Crippen LogP contribution in [0.25, 0.3) is 22.4 Å². The number of imidazole rings is 1. The Hall–Kier alpha value is -2.56. The monoisotopic (exact) mass is 257 g/mol. The zero-order chi connectivity index (χ0) is 13.4. The predicted octanol–water partition coefficient (Wildman–Crippen LogP) is 2.96. The van der Waals surface area contributed by atoms with Gasteiger partial charge in [0, 0.05) is 17.3 Å². The first kappa shape index (κ1) is 11.5. The van der Waals surface area contributed by atoms with Crippen LogP contribution < -0.4 is 10.5 Å². The van der Waals surface area contributed by atoms with Crippen LogP contribution in [0.3, 0.4) is 0 Å². The number of aromatic nitrogens is 2. The molecule has 0 spiro atoms. The maximum absolute atomic E-state index is 13.3. The summed E-state index contributed by atoms with van der Waals surface area (Å²) >= 11 is 0. The van der Waals surface area contributed by atoms with Gasteiger partial charge in [-0.2, -0.15) is 0 Å². The summed E-state index contributed by atoms with van der Waals surface area (Å²) in [5.74, 6) is 0.928. The Labute approximate surface area is 109 Å². The SMILES string of the molecule is COc1ccc2nc(-c3cc(F)ccc3N)[nH]c2c1. The number of nitrogens with one attached hydrogen (secondary N) is 1. The summed E-state index contributed by atoms with van der Waals surface area (Å²) in [5.41, 5.74) is 8.47. The molecular formula is C14H12FN3O. The van der Waals surface area contributed by atoms with Crippen molar-refractivity contribution in [2.24, 2.45) is 0 Å². The third-order valence-corrected chi connectivity index (χ3v) is 2.96. The number of aromatic amines is 1. The Morgan fingerprint density at radius 3 is 2.84 bits per heavy atom. The topological polar surface area (TPSA) is 63.9 Å². The fourth-order valence-corrected chi connectivity index (χ4v) is 1.98. The number of H-pyrrole nitrogens is 1. The fourth-order valence-electron chi connectivity index (χ4n) is 1.98. The smallest absolute Gasteiger partial charge is 0.140 e. The molecule has 4 nitrogen and oxygen atoms in total. The van der Waals surface area contributed by atoms with Crippen LogP contribution in [0.4, 0.5) is 10.1 Å². The number of nitrogens with two attached hydrogens (primary N) is 1. The first-order valence-electron chi connectivity index (χ1n) is 5.76. The zero-order valence-corrected chi connectivity index (χ0v) is 10.3. The second-order valence-electron chi connectivity index (χ2n) is 4.20. The second-order valence-corrected chi connectivity index (χ2v) is 4.20. The summed E-state index contributed by atoms with van der Waals surface area (Å²) in [7, 11) is 1.60. The van der Waals surface area contributed by atoms with Gasteiger partial charge in [-0.15, -0.1) is 0 Å². The number of ether oxygens (including phenoxy) is 1. The number of anilines is 1. The van der Waals surface area contributed by atoms with Gasteiger partial charge in [0.15, 0.2) is 0 Å². The van der Waals surface area contributed by atoms with Gasteiger partial charge in [0.2, 0.25) is 0 Å². The average molecular weight is 257 g/mol. The van der Waals surface area contributed by atoms with Crippen LogP contribution in [0.15, 0.2) is 36.4 Å². The van der Waals surface area contributed by atoms with Gasteiger partial charge in [0.1, 0.15) is 17.4 Å². The molecule has 3 aromatic rings. The molecule has 0 aliphatic heterocycles. The molecule has 5 heteroatoms. The van der Waals surface area contributed by atoms with E-state index in [1.807, 2.05) is 18.2 Å². The first-order valence-corrected chi connectivity index (χ1v) is 5.76. The van der Waals surface area contributed by atoms with E-state index in [2.05, 4.69) is 9.97 Å². The molecule has 96 valence electrons. The van der Waals surface area contributed by atoms with Gasteiger partial charge in [0.05, 0.1) is 18.1 Å². The van der Waals surface area contributed by atoms with Crippen LogP contribution in [0.1, 0.15) is 0 Å². The highest BCUT2D eigenvalue weighted by Gasteiger charge is 2.10. The molecule has 0 atom stereocenters. The molecule has 2 aromatic carbocycles. The fraction of sp³-hybridized carbons (Fsp3) is 0.0714. The van der Waals surface area contributed by atoms with Gasteiger partial charge < -0.3 is 15.5 Å². The molecule has 19 heavy (non-hydrogen) atoms. The van der Waals surface area contributed by atoms with E-state index in [1.165, 1.54) is 18.2 Å². The summed E-state index contributed by atoms with van der Waals surface area (Å²) in [5, 5.41) is 0. The van der Waals surface area contributed by atoms with Crippen molar-refractivity contribution in [2.75, 3.05) is 12.8 Å². The van der Waals surface area contributed by atoms with Crippen molar-refractivity contribution in [3.05, 3.63) is 42.2 Å². The zero-order valence-electron chi connectivity index (χ0n) is 10.3. The normalized spacial score (nSPS) is 10.8. The third-order valence-electron chi connectivity index (χ3n) is 2.96. The van der Waals surface area contributed by atoms with E-state index in [1.54, 1.807) is 7.11 Å². The quantitative estimate of drug-likeness (QED) is 0.694. The minimum Gasteiger partial charge on any atom is -0.497 e. The molecule has 0 bridgehead atoms. The lowest BCUT2D eigenvalue weighted by Crippen LogP contribution is -1.92. The number of nitrogens with zero attached hydrogens (tertiary/aromatic N) is 1. The summed E-state index contributed by atoms with van der Waals surface area (Å²) in [6, 6.07) is 9.71. The van der Waals surface area contributed by atoms with Gasteiger partial charge >= 0.3 is 0 Å². The molecule has 0 amide bonds. The lowest BCUT2D eigenvalue weighted by atomic mass is 10.1. The van der Waals surface area contributed by atoms with Crippen LogP contribution in [0.2, 0.25) is 0 Å². The number of benzene rings is 2. The molecule has 0 fully saturated rings. The Morgan fingerprint density at radius 1 is 1.21 bits per heavy atom. The number of hydrogen-bond acceptors (Lipinski definition) is 3. The van der Waals surface area contributed by atoms with Crippen LogP contribution in [-0.4, -0.2) is 17.1 Å². The number of rotatable bonds is 2. The lowest BCUT2D eigenvalue weighted by molar-refractivity contribution is 0.415. The molecule has 1 heterocycles. The minimum absolute atomic E-state index is 0.345. The number of hydrogen-bond donors (Lipinski definition) is 2. The molecule has 3 rings (SSSR count). The van der Waals surface area contributed by atoms with Crippen LogP contribution in [0, 0.1) is 5.82 Å². The highest BCUT2D eigenvalue weighted by Crippen LogP contribution is 2.27. The Balaban J connectivity index is 2.17. The van der Waals surface area contributed by atoms with E-state index >= 15 is 0 Å². The Morgan fingerprint density at radius 2 is 2.05 bits per heavy atom. The van der Waals surface area contributed by atoms with Crippen molar-refractivity contribution in [3.63, 3.8) is 0 Å². The van der Waals surface area contributed by atoms with Gasteiger partial charge in [-0.3, -0.25) is 0 Å². The van der Waals surface area contributed by atoms with Gasteiger partial charge in [-0.1, -0.05) is 0 Å². The van der Waals surface area contributed by atoms with Crippen molar-refractivity contribution in [1.82, 2.24) is 9.97 Å². The number of fused-ring (bicyclic) bond motifs is 1. The first-order chi connectivity index (χ1) is 9.17. The summed E-state index contributed by atoms with van der Waals surface area (Å²) in [4.78, 5) is 7.52. The van der Waals surface area contributed by atoms with Crippen LogP contribution >= 0.6 is 0 Å². The van der Waals surface area contributed by atoms with Gasteiger partial charge in [-0.25, -0.2) is 9.37 Å². The van der Waals surface area contributed by atoms with Crippen molar-refractivity contribution in [3.8, 4) is 17.1 Å². The molecule has 3 N–H and O–H groups in total. The molecule has 0 saturated carbocycles. The molecule has 0 aliphatic rings. The number of methoxy groups -OCH3 is 1. The Bertz CT molecular complexity index is 752. The molecule has 0 radical (unpaired) electrons. The largest absolute Gasteiger partial charge is 0.497 e. The molecule has 1 aromatic heterocycles. The maximum atomic E-state index is 13.3. The lowest BCUT2D eigenvalue weighted by Gasteiger charge is -2.01. The van der Waals surface area contributed by atoms with Crippen LogP contribution in [-0.2, 0) is 0 Å².